The highest BCUT2D eigenvalue weighted by atomic mass is 16.5. The van der Waals surface area contributed by atoms with Gasteiger partial charge in [-0.05, 0) is 31.2 Å². The number of nitrogen functional groups attached to an aromatic ring is 1. The van der Waals surface area contributed by atoms with Gasteiger partial charge in [-0.1, -0.05) is 12.1 Å². The average molecular weight is 259 g/mol. The SMILES string of the molecule is CCOc1cc(Oc2ccccc2OC)ccc1N. The van der Waals surface area contributed by atoms with Crippen molar-refractivity contribution in [3.8, 4) is 23.0 Å². The van der Waals surface area contributed by atoms with E-state index < -0.39 is 0 Å². The average Bonchev–Trinajstić information content (AvgIpc) is 2.43. The minimum Gasteiger partial charge on any atom is -0.493 e. The zero-order valence-corrected chi connectivity index (χ0v) is 11.1. The summed E-state index contributed by atoms with van der Waals surface area (Å²) < 4.78 is 16.5. The van der Waals surface area contributed by atoms with Crippen molar-refractivity contribution in [1.29, 1.82) is 0 Å². The summed E-state index contributed by atoms with van der Waals surface area (Å²) in [4.78, 5) is 0. The second kappa shape index (κ2) is 6.00. The Morgan fingerprint density at radius 1 is 1.00 bits per heavy atom. The van der Waals surface area contributed by atoms with Gasteiger partial charge < -0.3 is 19.9 Å². The number of ether oxygens (including phenoxy) is 3. The van der Waals surface area contributed by atoms with Gasteiger partial charge in [0, 0.05) is 6.07 Å². The maximum atomic E-state index is 5.82. The van der Waals surface area contributed by atoms with E-state index in [9.17, 15) is 0 Å². The number of para-hydroxylation sites is 2. The highest BCUT2D eigenvalue weighted by Crippen LogP contribution is 2.34. The molecule has 4 nitrogen and oxygen atoms in total. The number of benzene rings is 2. The van der Waals surface area contributed by atoms with Crippen LogP contribution in [0.25, 0.3) is 0 Å². The van der Waals surface area contributed by atoms with Gasteiger partial charge in [-0.2, -0.15) is 0 Å². The first kappa shape index (κ1) is 13.1. The van der Waals surface area contributed by atoms with Crippen molar-refractivity contribution >= 4 is 5.69 Å². The third kappa shape index (κ3) is 3.10. The second-order valence-electron chi connectivity index (χ2n) is 3.89. The highest BCUT2D eigenvalue weighted by molar-refractivity contribution is 5.56. The summed E-state index contributed by atoms with van der Waals surface area (Å²) in [7, 11) is 1.61. The first-order chi connectivity index (χ1) is 9.24. The molecule has 0 bridgehead atoms. The van der Waals surface area contributed by atoms with Gasteiger partial charge in [-0.3, -0.25) is 0 Å². The molecular formula is C15H17NO3. The molecule has 4 heteroatoms. The van der Waals surface area contributed by atoms with Crippen molar-refractivity contribution in [2.45, 2.75) is 6.92 Å². The first-order valence-corrected chi connectivity index (χ1v) is 6.07. The Balaban J connectivity index is 2.25. The summed E-state index contributed by atoms with van der Waals surface area (Å²) in [5, 5.41) is 0. The second-order valence-corrected chi connectivity index (χ2v) is 3.89. The van der Waals surface area contributed by atoms with Crippen LogP contribution in [0.2, 0.25) is 0 Å². The van der Waals surface area contributed by atoms with Crippen molar-refractivity contribution in [2.75, 3.05) is 19.5 Å². The molecule has 0 aliphatic heterocycles. The molecule has 2 N–H and O–H groups in total. The molecule has 0 atom stereocenters. The fourth-order valence-corrected chi connectivity index (χ4v) is 1.69. The number of methoxy groups -OCH3 is 1. The van der Waals surface area contributed by atoms with Crippen molar-refractivity contribution in [2.24, 2.45) is 0 Å². The number of anilines is 1. The minimum atomic E-state index is 0.558. The molecule has 0 saturated heterocycles. The van der Waals surface area contributed by atoms with Crippen molar-refractivity contribution in [3.63, 3.8) is 0 Å². The molecule has 0 radical (unpaired) electrons. The summed E-state index contributed by atoms with van der Waals surface area (Å²) in [5.41, 5.74) is 6.41. The Hall–Kier alpha value is -2.36. The molecule has 2 aromatic rings. The third-order valence-electron chi connectivity index (χ3n) is 2.58. The van der Waals surface area contributed by atoms with E-state index in [1.807, 2.05) is 31.2 Å². The predicted molar refractivity (Wildman–Crippen MR) is 75.1 cm³/mol. The van der Waals surface area contributed by atoms with E-state index in [-0.39, 0.29) is 0 Å². The van der Waals surface area contributed by atoms with Gasteiger partial charge in [0.15, 0.2) is 11.5 Å². The molecule has 0 unspecified atom stereocenters. The Morgan fingerprint density at radius 2 is 1.74 bits per heavy atom. The van der Waals surface area contributed by atoms with Crippen molar-refractivity contribution in [1.82, 2.24) is 0 Å². The van der Waals surface area contributed by atoms with Crippen molar-refractivity contribution < 1.29 is 14.2 Å². The lowest BCUT2D eigenvalue weighted by Gasteiger charge is -2.12. The monoisotopic (exact) mass is 259 g/mol. The summed E-state index contributed by atoms with van der Waals surface area (Å²) in [6.07, 6.45) is 0. The number of nitrogens with two attached hydrogens (primary N) is 1. The van der Waals surface area contributed by atoms with Crippen LogP contribution >= 0.6 is 0 Å². The maximum Gasteiger partial charge on any atom is 0.169 e. The lowest BCUT2D eigenvalue weighted by molar-refractivity contribution is 0.339. The third-order valence-corrected chi connectivity index (χ3v) is 2.58. The van der Waals surface area contributed by atoms with Crippen LogP contribution in [-0.4, -0.2) is 13.7 Å². The van der Waals surface area contributed by atoms with E-state index in [1.165, 1.54) is 0 Å². The fraction of sp³-hybridized carbons (Fsp3) is 0.200. The lowest BCUT2D eigenvalue weighted by atomic mass is 10.2. The van der Waals surface area contributed by atoms with Gasteiger partial charge in [0.1, 0.15) is 11.5 Å². The molecule has 0 spiro atoms. The maximum absolute atomic E-state index is 5.82. The normalized spacial score (nSPS) is 10.0. The van der Waals surface area contributed by atoms with Crippen LogP contribution in [0.3, 0.4) is 0 Å². The summed E-state index contributed by atoms with van der Waals surface area (Å²) in [5.74, 6) is 2.60. The topological polar surface area (TPSA) is 53.7 Å². The molecule has 0 saturated carbocycles. The largest absolute Gasteiger partial charge is 0.493 e. The van der Waals surface area contributed by atoms with Crippen LogP contribution in [-0.2, 0) is 0 Å². The van der Waals surface area contributed by atoms with Gasteiger partial charge in [-0.15, -0.1) is 0 Å². The van der Waals surface area contributed by atoms with Gasteiger partial charge in [0.25, 0.3) is 0 Å². The number of hydrogen-bond donors (Lipinski definition) is 1. The van der Waals surface area contributed by atoms with Crippen LogP contribution in [0.15, 0.2) is 42.5 Å². The standard InChI is InChI=1S/C15H17NO3/c1-3-18-15-10-11(8-9-12(15)16)19-14-7-5-4-6-13(14)17-2/h4-10H,3,16H2,1-2H3. The molecule has 2 aromatic carbocycles. The Kier molecular flexibility index (Phi) is 4.13. The molecule has 0 aliphatic rings. The van der Waals surface area contributed by atoms with Gasteiger partial charge in [0.05, 0.1) is 19.4 Å². The Labute approximate surface area is 112 Å². The highest BCUT2D eigenvalue weighted by Gasteiger charge is 2.07. The van der Waals surface area contributed by atoms with Crippen LogP contribution in [0.1, 0.15) is 6.92 Å². The van der Waals surface area contributed by atoms with Crippen LogP contribution in [0.5, 0.6) is 23.0 Å². The van der Waals surface area contributed by atoms with Crippen LogP contribution in [0, 0.1) is 0 Å². The summed E-state index contributed by atoms with van der Waals surface area (Å²) in [6, 6.07) is 12.8. The van der Waals surface area contributed by atoms with E-state index in [2.05, 4.69) is 0 Å². The number of hydrogen-bond acceptors (Lipinski definition) is 4. The van der Waals surface area contributed by atoms with Gasteiger partial charge >= 0.3 is 0 Å². The quantitative estimate of drug-likeness (QED) is 0.835. The predicted octanol–water partition coefficient (Wildman–Crippen LogP) is 3.47. The molecule has 0 fully saturated rings. The van der Waals surface area contributed by atoms with E-state index in [1.54, 1.807) is 25.3 Å². The van der Waals surface area contributed by atoms with E-state index >= 15 is 0 Å². The van der Waals surface area contributed by atoms with E-state index in [4.69, 9.17) is 19.9 Å². The molecule has 0 aromatic heterocycles. The smallest absolute Gasteiger partial charge is 0.169 e. The first-order valence-electron chi connectivity index (χ1n) is 6.07. The molecule has 100 valence electrons. The fourth-order valence-electron chi connectivity index (χ4n) is 1.69. The van der Waals surface area contributed by atoms with Gasteiger partial charge in [-0.25, -0.2) is 0 Å². The zero-order valence-electron chi connectivity index (χ0n) is 11.1. The van der Waals surface area contributed by atoms with E-state index in [0.29, 0.717) is 35.3 Å². The zero-order chi connectivity index (χ0) is 13.7. The molecule has 0 aliphatic carbocycles. The number of rotatable bonds is 5. The van der Waals surface area contributed by atoms with Crippen LogP contribution < -0.4 is 19.9 Å². The Morgan fingerprint density at radius 3 is 2.42 bits per heavy atom. The van der Waals surface area contributed by atoms with Crippen molar-refractivity contribution in [3.05, 3.63) is 42.5 Å². The molecule has 0 amide bonds. The molecule has 19 heavy (non-hydrogen) atoms. The van der Waals surface area contributed by atoms with Gasteiger partial charge in [0.2, 0.25) is 0 Å². The summed E-state index contributed by atoms with van der Waals surface area (Å²) >= 11 is 0. The van der Waals surface area contributed by atoms with E-state index in [0.717, 1.165) is 0 Å². The van der Waals surface area contributed by atoms with Crippen LogP contribution in [0.4, 0.5) is 5.69 Å². The summed E-state index contributed by atoms with van der Waals surface area (Å²) in [6.45, 7) is 2.47. The lowest BCUT2D eigenvalue weighted by Crippen LogP contribution is -1.97. The molecular weight excluding hydrogens is 242 g/mol. The molecule has 2 rings (SSSR count). The molecule has 0 heterocycles. The minimum absolute atomic E-state index is 0.558. The Bertz CT molecular complexity index is 555.